The molecule has 0 rings (SSSR count). The molecule has 0 fully saturated rings. The molecule has 0 bridgehead atoms. The normalized spacial score (nSPS) is 9.83. The highest BCUT2D eigenvalue weighted by atomic mass is 32.2. The molecule has 0 aromatic rings. The SMILES string of the molecule is CCCCCCOC(=S)SCC. The monoisotopic (exact) mass is 206 g/mol. The second-order valence-corrected chi connectivity index (χ2v) is 4.46. The van der Waals surface area contributed by atoms with Crippen molar-refractivity contribution in [2.75, 3.05) is 12.4 Å². The molecule has 0 aliphatic carbocycles. The number of hydrogen-bond acceptors (Lipinski definition) is 3. The maximum atomic E-state index is 5.32. The van der Waals surface area contributed by atoms with Crippen molar-refractivity contribution in [2.45, 2.75) is 39.5 Å². The highest BCUT2D eigenvalue weighted by Crippen LogP contribution is 2.06. The Bertz CT molecular complexity index is 115. The van der Waals surface area contributed by atoms with Crippen LogP contribution >= 0.6 is 24.0 Å². The van der Waals surface area contributed by atoms with Gasteiger partial charge in [0.2, 0.25) is 4.38 Å². The van der Waals surface area contributed by atoms with E-state index in [9.17, 15) is 0 Å². The van der Waals surface area contributed by atoms with Crippen LogP contribution in [0.15, 0.2) is 0 Å². The Morgan fingerprint density at radius 1 is 1.25 bits per heavy atom. The largest absolute Gasteiger partial charge is 0.479 e. The van der Waals surface area contributed by atoms with E-state index < -0.39 is 0 Å². The van der Waals surface area contributed by atoms with E-state index in [0.29, 0.717) is 4.38 Å². The van der Waals surface area contributed by atoms with Crippen LogP contribution in [0.1, 0.15) is 39.5 Å². The summed E-state index contributed by atoms with van der Waals surface area (Å²) < 4.78 is 6.03. The molecule has 0 aliphatic rings. The van der Waals surface area contributed by atoms with Gasteiger partial charge in [0.05, 0.1) is 6.61 Å². The summed E-state index contributed by atoms with van der Waals surface area (Å²) in [6.07, 6.45) is 4.97. The first-order chi connectivity index (χ1) is 5.81. The Labute approximate surface area is 85.3 Å². The second kappa shape index (κ2) is 9.33. The predicted octanol–water partition coefficient (Wildman–Crippen LogP) is 3.62. The molecule has 0 saturated heterocycles. The van der Waals surface area contributed by atoms with Crippen LogP contribution in [0.5, 0.6) is 0 Å². The zero-order chi connectivity index (χ0) is 9.23. The standard InChI is InChI=1S/C9H18OS2/c1-3-5-6-7-8-10-9(11)12-4-2/h3-8H2,1-2H3. The molecule has 0 unspecified atom stereocenters. The fourth-order valence-corrected chi connectivity index (χ4v) is 1.68. The minimum atomic E-state index is 0.703. The number of hydrogen-bond donors (Lipinski definition) is 0. The molecular formula is C9H18OS2. The summed E-state index contributed by atoms with van der Waals surface area (Å²) in [5.74, 6) is 1.01. The van der Waals surface area contributed by atoms with E-state index in [1.54, 1.807) is 11.8 Å². The van der Waals surface area contributed by atoms with Crippen molar-refractivity contribution in [3.05, 3.63) is 0 Å². The second-order valence-electron chi connectivity index (χ2n) is 2.59. The van der Waals surface area contributed by atoms with Gasteiger partial charge in [-0.05, 0) is 24.4 Å². The van der Waals surface area contributed by atoms with Gasteiger partial charge in [0.15, 0.2) is 0 Å². The molecule has 12 heavy (non-hydrogen) atoms. The number of ether oxygens (including phenoxy) is 1. The molecule has 1 nitrogen and oxygen atoms in total. The number of unbranched alkanes of at least 4 members (excludes halogenated alkanes) is 3. The lowest BCUT2D eigenvalue weighted by Gasteiger charge is -2.04. The Balaban J connectivity index is 3.03. The van der Waals surface area contributed by atoms with Crippen molar-refractivity contribution in [2.24, 2.45) is 0 Å². The summed E-state index contributed by atoms with van der Waals surface area (Å²) in [4.78, 5) is 0. The topological polar surface area (TPSA) is 9.23 Å². The molecule has 0 aromatic carbocycles. The van der Waals surface area contributed by atoms with Gasteiger partial charge in [0, 0.05) is 0 Å². The van der Waals surface area contributed by atoms with Gasteiger partial charge in [-0.2, -0.15) is 0 Å². The van der Waals surface area contributed by atoms with Gasteiger partial charge in [-0.25, -0.2) is 0 Å². The zero-order valence-corrected chi connectivity index (χ0v) is 9.60. The Morgan fingerprint density at radius 2 is 2.00 bits per heavy atom. The summed E-state index contributed by atoms with van der Waals surface area (Å²) in [5.41, 5.74) is 0. The van der Waals surface area contributed by atoms with Crippen molar-refractivity contribution in [1.29, 1.82) is 0 Å². The summed E-state index contributed by atoms with van der Waals surface area (Å²) in [5, 5.41) is 0. The van der Waals surface area contributed by atoms with Crippen molar-refractivity contribution in [1.82, 2.24) is 0 Å². The van der Waals surface area contributed by atoms with Crippen LogP contribution in [0.3, 0.4) is 0 Å². The third-order valence-corrected chi connectivity index (χ3v) is 2.59. The van der Waals surface area contributed by atoms with Crippen molar-refractivity contribution < 1.29 is 4.74 Å². The highest BCUT2D eigenvalue weighted by Gasteiger charge is 1.95. The van der Waals surface area contributed by atoms with E-state index >= 15 is 0 Å². The van der Waals surface area contributed by atoms with Crippen LogP contribution in [0.2, 0.25) is 0 Å². The van der Waals surface area contributed by atoms with Gasteiger partial charge in [0.25, 0.3) is 0 Å². The van der Waals surface area contributed by atoms with E-state index in [1.165, 1.54) is 19.3 Å². The Hall–Kier alpha value is 0.240. The average Bonchev–Trinajstić information content (AvgIpc) is 2.05. The summed E-state index contributed by atoms with van der Waals surface area (Å²) in [6, 6.07) is 0. The first kappa shape index (κ1) is 12.2. The van der Waals surface area contributed by atoms with Gasteiger partial charge in [-0.3, -0.25) is 0 Å². The number of thioether (sulfide) groups is 1. The van der Waals surface area contributed by atoms with Crippen LogP contribution in [0, 0.1) is 0 Å². The molecule has 0 aliphatic heterocycles. The third kappa shape index (κ3) is 8.34. The molecule has 0 heterocycles. The maximum Gasteiger partial charge on any atom is 0.219 e. The molecule has 0 spiro atoms. The fraction of sp³-hybridized carbons (Fsp3) is 0.889. The van der Waals surface area contributed by atoms with Crippen LogP contribution in [0.4, 0.5) is 0 Å². The van der Waals surface area contributed by atoms with Crippen LogP contribution in [-0.2, 0) is 4.74 Å². The minimum Gasteiger partial charge on any atom is -0.479 e. The summed E-state index contributed by atoms with van der Waals surface area (Å²) in [7, 11) is 0. The average molecular weight is 206 g/mol. The maximum absolute atomic E-state index is 5.32. The van der Waals surface area contributed by atoms with Gasteiger partial charge in [-0.15, -0.1) is 0 Å². The number of rotatable bonds is 6. The quantitative estimate of drug-likeness (QED) is 0.485. The van der Waals surface area contributed by atoms with Crippen LogP contribution in [-0.4, -0.2) is 16.7 Å². The molecule has 0 amide bonds. The van der Waals surface area contributed by atoms with Gasteiger partial charge in [0.1, 0.15) is 0 Å². The lowest BCUT2D eigenvalue weighted by molar-refractivity contribution is 0.308. The van der Waals surface area contributed by atoms with E-state index in [1.807, 2.05) is 0 Å². The Morgan fingerprint density at radius 3 is 2.58 bits per heavy atom. The summed E-state index contributed by atoms with van der Waals surface area (Å²) in [6.45, 7) is 5.08. The van der Waals surface area contributed by atoms with Crippen molar-refractivity contribution >= 4 is 28.4 Å². The minimum absolute atomic E-state index is 0.703. The van der Waals surface area contributed by atoms with E-state index in [4.69, 9.17) is 17.0 Å². The molecular weight excluding hydrogens is 188 g/mol. The van der Waals surface area contributed by atoms with Crippen LogP contribution < -0.4 is 0 Å². The molecule has 0 atom stereocenters. The molecule has 0 aromatic heterocycles. The first-order valence-corrected chi connectivity index (χ1v) is 6.00. The molecule has 72 valence electrons. The fourth-order valence-electron chi connectivity index (χ4n) is 0.844. The lowest BCUT2D eigenvalue weighted by atomic mass is 10.2. The molecule has 3 heteroatoms. The zero-order valence-electron chi connectivity index (χ0n) is 7.97. The van der Waals surface area contributed by atoms with Gasteiger partial charge >= 0.3 is 0 Å². The van der Waals surface area contributed by atoms with E-state index in [-0.39, 0.29) is 0 Å². The van der Waals surface area contributed by atoms with Gasteiger partial charge < -0.3 is 4.74 Å². The Kier molecular flexibility index (Phi) is 9.52. The van der Waals surface area contributed by atoms with Crippen molar-refractivity contribution in [3.63, 3.8) is 0 Å². The van der Waals surface area contributed by atoms with Gasteiger partial charge in [-0.1, -0.05) is 44.9 Å². The molecule has 0 radical (unpaired) electrons. The van der Waals surface area contributed by atoms with Crippen LogP contribution in [0.25, 0.3) is 0 Å². The van der Waals surface area contributed by atoms with Crippen molar-refractivity contribution in [3.8, 4) is 0 Å². The smallest absolute Gasteiger partial charge is 0.219 e. The highest BCUT2D eigenvalue weighted by molar-refractivity contribution is 8.22. The third-order valence-electron chi connectivity index (χ3n) is 1.48. The number of thiocarbonyl (C=S) groups is 1. The molecule has 0 saturated carbocycles. The summed E-state index contributed by atoms with van der Waals surface area (Å²) >= 11 is 6.58. The van der Waals surface area contributed by atoms with E-state index in [0.717, 1.165) is 18.8 Å². The van der Waals surface area contributed by atoms with E-state index in [2.05, 4.69) is 13.8 Å². The lowest BCUT2D eigenvalue weighted by Crippen LogP contribution is -1.99. The molecule has 0 N–H and O–H groups in total. The first-order valence-electron chi connectivity index (χ1n) is 4.60. The predicted molar refractivity (Wildman–Crippen MR) is 60.8 cm³/mol.